The predicted molar refractivity (Wildman–Crippen MR) is 264 cm³/mol. The number of aliphatic hydroxyl groups is 6. The normalized spacial score (nSPS) is 20.8. The van der Waals surface area contributed by atoms with Gasteiger partial charge in [0.05, 0.1) is 25.4 Å². The molecule has 10 nitrogen and oxygen atoms in total. The molecule has 0 aliphatic carbocycles. The zero-order chi connectivity index (χ0) is 46.7. The molecule has 0 bridgehead atoms. The lowest BCUT2D eigenvalue weighted by atomic mass is 9.99. The monoisotopic (exact) mass is 908 g/mol. The molecule has 10 heteroatoms. The molecule has 0 aromatic carbocycles. The first-order valence-electron chi connectivity index (χ1n) is 26.8. The molecule has 8 unspecified atom stereocenters. The lowest BCUT2D eigenvalue weighted by Crippen LogP contribution is -2.60. The van der Waals surface area contributed by atoms with Crippen LogP contribution in [0.25, 0.3) is 0 Å². The fourth-order valence-corrected chi connectivity index (χ4v) is 8.43. The summed E-state index contributed by atoms with van der Waals surface area (Å²) < 4.78 is 11.2. The molecule has 1 heterocycles. The Hall–Kier alpha value is -1.63. The third-order valence-electron chi connectivity index (χ3n) is 12.8. The quantitative estimate of drug-likeness (QED) is 0.0232. The number of carbonyl (C=O) groups is 1. The van der Waals surface area contributed by atoms with Crippen LogP contribution in [0, 0.1) is 0 Å². The van der Waals surface area contributed by atoms with Crippen LogP contribution >= 0.6 is 0 Å². The first-order chi connectivity index (χ1) is 31.3. The molecule has 376 valence electrons. The van der Waals surface area contributed by atoms with Gasteiger partial charge in [0.15, 0.2) is 6.29 Å². The zero-order valence-electron chi connectivity index (χ0n) is 41.2. The number of nitrogens with one attached hydrogen (secondary N) is 1. The molecule has 7 N–H and O–H groups in total. The van der Waals surface area contributed by atoms with E-state index in [1.54, 1.807) is 6.08 Å². The highest BCUT2D eigenvalue weighted by molar-refractivity contribution is 5.80. The van der Waals surface area contributed by atoms with Gasteiger partial charge < -0.3 is 45.4 Å². The summed E-state index contributed by atoms with van der Waals surface area (Å²) in [6, 6.07) is -0.982. The van der Waals surface area contributed by atoms with E-state index < -0.39 is 61.5 Å². The fourth-order valence-electron chi connectivity index (χ4n) is 8.43. The summed E-state index contributed by atoms with van der Waals surface area (Å²) >= 11 is 0. The summed E-state index contributed by atoms with van der Waals surface area (Å²) in [7, 11) is 0. The number of ether oxygens (including phenoxy) is 2. The summed E-state index contributed by atoms with van der Waals surface area (Å²) in [4.78, 5) is 13.1. The van der Waals surface area contributed by atoms with Gasteiger partial charge in [0.2, 0.25) is 5.91 Å². The van der Waals surface area contributed by atoms with Crippen molar-refractivity contribution in [3.8, 4) is 0 Å². The van der Waals surface area contributed by atoms with Crippen molar-refractivity contribution >= 4 is 5.91 Å². The number of carbonyl (C=O) groups excluding carboxylic acids is 1. The second-order valence-electron chi connectivity index (χ2n) is 18.8. The highest BCUT2D eigenvalue weighted by atomic mass is 16.7. The molecule has 0 saturated carbocycles. The van der Waals surface area contributed by atoms with Crippen molar-refractivity contribution in [2.75, 3.05) is 13.2 Å². The van der Waals surface area contributed by atoms with Gasteiger partial charge in [-0.15, -0.1) is 0 Å². The molecule has 0 aromatic rings. The molecule has 8 atom stereocenters. The maximum Gasteiger partial charge on any atom is 0.249 e. The van der Waals surface area contributed by atoms with E-state index in [1.165, 1.54) is 161 Å². The molecular formula is C54H101NO9. The Labute approximate surface area is 392 Å². The van der Waals surface area contributed by atoms with Crippen molar-refractivity contribution in [2.24, 2.45) is 0 Å². The molecule has 1 saturated heterocycles. The van der Waals surface area contributed by atoms with Crippen LogP contribution < -0.4 is 5.32 Å². The maximum atomic E-state index is 13.1. The predicted octanol–water partition coefficient (Wildman–Crippen LogP) is 11.4. The van der Waals surface area contributed by atoms with Crippen molar-refractivity contribution < 1.29 is 44.9 Å². The van der Waals surface area contributed by atoms with Crippen LogP contribution in [0.5, 0.6) is 0 Å². The average molecular weight is 908 g/mol. The number of allylic oxidation sites excluding steroid dienone is 5. The number of aliphatic hydroxyl groups excluding tert-OH is 6. The van der Waals surface area contributed by atoms with Crippen molar-refractivity contribution in [3.63, 3.8) is 0 Å². The maximum absolute atomic E-state index is 13.1. The highest BCUT2D eigenvalue weighted by Gasteiger charge is 2.44. The minimum atomic E-state index is -1.61. The Bertz CT molecular complexity index is 1120. The summed E-state index contributed by atoms with van der Waals surface area (Å²) in [5.74, 6) is -0.620. The SMILES string of the molecule is CCCCCCCCCCC/C=C\C/C=C\CCCCCCCCCCC(O)C(=O)NC(COC1OC(CO)C(O)C(O)C1O)C(O)/C=C/CCCCCCCCCCCCCCC. The van der Waals surface area contributed by atoms with Crippen molar-refractivity contribution in [1.29, 1.82) is 0 Å². The second-order valence-corrected chi connectivity index (χ2v) is 18.8. The third kappa shape index (κ3) is 32.9. The summed E-state index contributed by atoms with van der Waals surface area (Å²) in [5, 5.41) is 64.9. The topological polar surface area (TPSA) is 169 Å². The van der Waals surface area contributed by atoms with E-state index in [9.17, 15) is 35.4 Å². The molecule has 0 radical (unpaired) electrons. The summed E-state index contributed by atoms with van der Waals surface area (Å²) in [5.41, 5.74) is 0. The molecule has 64 heavy (non-hydrogen) atoms. The van der Waals surface area contributed by atoms with Gasteiger partial charge >= 0.3 is 0 Å². The van der Waals surface area contributed by atoms with E-state index in [1.807, 2.05) is 6.08 Å². The molecule has 1 amide bonds. The smallest absolute Gasteiger partial charge is 0.249 e. The standard InChI is InChI=1S/C54H101NO9/c1-3-5-7-9-11-13-15-17-19-20-21-22-23-24-25-26-27-29-31-33-35-37-39-41-43-48(58)53(62)55-46(45-63-54-52(61)51(60)50(59)49(44-56)64-54)47(57)42-40-38-36-34-32-30-28-18-16-14-12-10-8-6-4-2/h21-22,24-25,40,42,46-52,54,56-61H,3-20,23,26-39,41,43-45H2,1-2H3,(H,55,62)/b22-21-,25-24-,42-40+. The number of hydrogen-bond donors (Lipinski definition) is 7. The average Bonchev–Trinajstić information content (AvgIpc) is 3.29. The Morgan fingerprint density at radius 1 is 0.547 bits per heavy atom. The van der Waals surface area contributed by atoms with Gasteiger partial charge in [-0.25, -0.2) is 0 Å². The van der Waals surface area contributed by atoms with Gasteiger partial charge in [0, 0.05) is 0 Å². The lowest BCUT2D eigenvalue weighted by Gasteiger charge is -2.40. The van der Waals surface area contributed by atoms with Crippen LogP contribution in [0.1, 0.15) is 239 Å². The fraction of sp³-hybridized carbons (Fsp3) is 0.870. The van der Waals surface area contributed by atoms with Crippen LogP contribution in [-0.2, 0) is 14.3 Å². The minimum Gasteiger partial charge on any atom is -0.394 e. The molecule has 1 rings (SSSR count). The second kappa shape index (κ2) is 43.9. The molecule has 0 spiro atoms. The molecule has 1 aliphatic rings. The van der Waals surface area contributed by atoms with E-state index in [0.717, 1.165) is 51.4 Å². The van der Waals surface area contributed by atoms with E-state index >= 15 is 0 Å². The van der Waals surface area contributed by atoms with E-state index in [-0.39, 0.29) is 6.61 Å². The van der Waals surface area contributed by atoms with Crippen LogP contribution in [0.15, 0.2) is 36.5 Å². The third-order valence-corrected chi connectivity index (χ3v) is 12.8. The Morgan fingerprint density at radius 2 is 0.953 bits per heavy atom. The lowest BCUT2D eigenvalue weighted by molar-refractivity contribution is -0.302. The first kappa shape index (κ1) is 60.4. The number of hydrogen-bond acceptors (Lipinski definition) is 9. The summed E-state index contributed by atoms with van der Waals surface area (Å²) in [6.07, 6.45) is 45.2. The highest BCUT2D eigenvalue weighted by Crippen LogP contribution is 2.23. The van der Waals surface area contributed by atoms with Crippen molar-refractivity contribution in [3.05, 3.63) is 36.5 Å². The Balaban J connectivity index is 2.31. The Morgan fingerprint density at radius 3 is 1.39 bits per heavy atom. The van der Waals surface area contributed by atoms with Crippen LogP contribution in [0.2, 0.25) is 0 Å². The van der Waals surface area contributed by atoms with E-state index in [4.69, 9.17) is 9.47 Å². The largest absolute Gasteiger partial charge is 0.394 e. The van der Waals surface area contributed by atoms with Crippen molar-refractivity contribution in [2.45, 2.75) is 288 Å². The van der Waals surface area contributed by atoms with Gasteiger partial charge in [0.25, 0.3) is 0 Å². The molecule has 1 aliphatic heterocycles. The van der Waals surface area contributed by atoms with Gasteiger partial charge in [-0.1, -0.05) is 224 Å². The van der Waals surface area contributed by atoms with Gasteiger partial charge in [0.1, 0.15) is 30.5 Å². The Kier molecular flexibility index (Phi) is 41.4. The zero-order valence-corrected chi connectivity index (χ0v) is 41.2. The molecule has 0 aromatic heterocycles. The minimum absolute atomic E-state index is 0.303. The van der Waals surface area contributed by atoms with Crippen LogP contribution in [0.3, 0.4) is 0 Å². The molecular weight excluding hydrogens is 807 g/mol. The summed E-state index contributed by atoms with van der Waals surface area (Å²) in [6.45, 7) is 3.62. The van der Waals surface area contributed by atoms with Crippen molar-refractivity contribution in [1.82, 2.24) is 5.32 Å². The number of rotatable bonds is 45. The van der Waals surface area contributed by atoms with Crippen LogP contribution in [-0.4, -0.2) is 98.7 Å². The van der Waals surface area contributed by atoms with Gasteiger partial charge in [-0.3, -0.25) is 4.79 Å². The number of amides is 1. The number of unbranched alkanes of at least 4 members (excludes halogenated alkanes) is 30. The molecule has 1 fully saturated rings. The van der Waals surface area contributed by atoms with E-state index in [2.05, 4.69) is 43.5 Å². The van der Waals surface area contributed by atoms with Gasteiger partial charge in [-0.05, 0) is 51.4 Å². The van der Waals surface area contributed by atoms with E-state index in [0.29, 0.717) is 12.8 Å². The first-order valence-corrected chi connectivity index (χ1v) is 26.8. The van der Waals surface area contributed by atoms with Crippen LogP contribution in [0.4, 0.5) is 0 Å². The van der Waals surface area contributed by atoms with Gasteiger partial charge in [-0.2, -0.15) is 0 Å².